The second kappa shape index (κ2) is 5.82. The van der Waals surface area contributed by atoms with E-state index in [1.54, 1.807) is 19.1 Å². The number of carboxylic acid groups (broad SMARTS) is 1. The number of aliphatic carboxylic acids is 1. The topological polar surface area (TPSA) is 114 Å². The van der Waals surface area contributed by atoms with Gasteiger partial charge in [-0.15, -0.1) is 0 Å². The van der Waals surface area contributed by atoms with Gasteiger partial charge in [0.05, 0.1) is 17.6 Å². The zero-order chi connectivity index (χ0) is 15.6. The zero-order valence-corrected chi connectivity index (χ0v) is 13.2. The number of aryl methyl sites for hydroxylation is 1. The second-order valence-corrected chi connectivity index (χ2v) is 6.63. The summed E-state index contributed by atoms with van der Waals surface area (Å²) in [6, 6.07) is 3.18. The van der Waals surface area contributed by atoms with E-state index in [2.05, 4.69) is 30.7 Å². The van der Waals surface area contributed by atoms with Gasteiger partial charge in [-0.25, -0.2) is 13.4 Å². The summed E-state index contributed by atoms with van der Waals surface area (Å²) in [5, 5.41) is 12.3. The molecule has 10 heteroatoms. The van der Waals surface area contributed by atoms with Gasteiger partial charge >= 0.3 is 5.97 Å². The molecule has 0 unspecified atom stereocenters. The van der Waals surface area contributed by atoms with Gasteiger partial charge in [0.2, 0.25) is 0 Å². The lowest BCUT2D eigenvalue weighted by Crippen LogP contribution is -2.14. The molecule has 0 radical (unpaired) electrons. The molecule has 2 rings (SSSR count). The molecule has 2 aromatic heterocycles. The zero-order valence-electron chi connectivity index (χ0n) is 10.8. The normalized spacial score (nSPS) is 11.3. The van der Waals surface area contributed by atoms with Crippen molar-refractivity contribution in [3.8, 4) is 0 Å². The Kier molecular flexibility index (Phi) is 4.28. The molecule has 0 aliphatic heterocycles. The molecule has 21 heavy (non-hydrogen) atoms. The average molecular weight is 375 g/mol. The lowest BCUT2D eigenvalue weighted by Gasteiger charge is -2.08. The van der Waals surface area contributed by atoms with Crippen molar-refractivity contribution in [2.45, 2.75) is 18.4 Å². The Morgan fingerprint density at radius 3 is 2.81 bits per heavy atom. The smallest absolute Gasteiger partial charge is 0.325 e. The molecule has 2 aromatic rings. The summed E-state index contributed by atoms with van der Waals surface area (Å²) in [6.45, 7) is 1.25. The molecule has 0 aliphatic rings. The third-order valence-corrected chi connectivity index (χ3v) is 4.27. The molecule has 8 nitrogen and oxygen atoms in total. The third-order valence-electron chi connectivity index (χ3n) is 2.51. The van der Waals surface area contributed by atoms with Crippen molar-refractivity contribution in [2.75, 3.05) is 4.72 Å². The summed E-state index contributed by atoms with van der Waals surface area (Å²) < 4.78 is 28.4. The van der Waals surface area contributed by atoms with E-state index in [0.717, 1.165) is 17.1 Å². The van der Waals surface area contributed by atoms with E-state index in [1.807, 2.05) is 0 Å². The molecule has 0 fully saturated rings. The standard InChI is InChI=1S/C11H11BrN4O4S/c1-7-9(2-3-10(12)14-7)15-21(19,20)8-4-13-16(5-8)6-11(17)18/h2-5,15H,6H2,1H3,(H,17,18). The van der Waals surface area contributed by atoms with Crippen LogP contribution in [0.2, 0.25) is 0 Å². The molecule has 0 saturated carbocycles. The number of nitrogens with one attached hydrogen (secondary N) is 1. The highest BCUT2D eigenvalue weighted by Crippen LogP contribution is 2.20. The van der Waals surface area contributed by atoms with Crippen LogP contribution in [0.5, 0.6) is 0 Å². The van der Waals surface area contributed by atoms with Gasteiger partial charge in [0, 0.05) is 6.20 Å². The Morgan fingerprint density at radius 2 is 2.19 bits per heavy atom. The van der Waals surface area contributed by atoms with E-state index in [1.165, 1.54) is 0 Å². The van der Waals surface area contributed by atoms with E-state index in [-0.39, 0.29) is 4.90 Å². The van der Waals surface area contributed by atoms with Crippen molar-refractivity contribution < 1.29 is 18.3 Å². The van der Waals surface area contributed by atoms with Crippen LogP contribution in [-0.4, -0.2) is 34.3 Å². The second-order valence-electron chi connectivity index (χ2n) is 4.14. The van der Waals surface area contributed by atoms with Gasteiger partial charge < -0.3 is 5.11 Å². The average Bonchev–Trinajstić information content (AvgIpc) is 2.81. The minimum atomic E-state index is -3.85. The summed E-state index contributed by atoms with van der Waals surface area (Å²) in [4.78, 5) is 14.5. The first-order valence-corrected chi connectivity index (χ1v) is 7.96. The predicted molar refractivity (Wildman–Crippen MR) is 77.3 cm³/mol. The number of carbonyl (C=O) groups is 1. The van der Waals surface area contributed by atoms with Crippen molar-refractivity contribution in [3.05, 3.63) is 34.8 Å². The van der Waals surface area contributed by atoms with Crippen LogP contribution >= 0.6 is 15.9 Å². The Hall–Kier alpha value is -1.94. The van der Waals surface area contributed by atoms with E-state index in [4.69, 9.17) is 5.11 Å². The van der Waals surface area contributed by atoms with Gasteiger partial charge in [0.25, 0.3) is 10.0 Å². The molecule has 0 spiro atoms. The fourth-order valence-electron chi connectivity index (χ4n) is 1.55. The first-order chi connectivity index (χ1) is 9.78. The minimum Gasteiger partial charge on any atom is -0.480 e. The molecule has 2 N–H and O–H groups in total. The number of aromatic nitrogens is 3. The maximum Gasteiger partial charge on any atom is 0.325 e. The summed E-state index contributed by atoms with van der Waals surface area (Å²) in [7, 11) is -3.85. The Balaban J connectivity index is 2.25. The molecule has 0 aliphatic carbocycles. The van der Waals surface area contributed by atoms with Crippen molar-refractivity contribution in [1.29, 1.82) is 0 Å². The number of rotatable bonds is 5. The Labute approximate surface area is 129 Å². The lowest BCUT2D eigenvalue weighted by molar-refractivity contribution is -0.137. The monoisotopic (exact) mass is 374 g/mol. The molecule has 112 valence electrons. The highest BCUT2D eigenvalue weighted by molar-refractivity contribution is 9.10. The Morgan fingerprint density at radius 1 is 1.48 bits per heavy atom. The maximum atomic E-state index is 12.2. The van der Waals surface area contributed by atoms with Gasteiger partial charge in [-0.05, 0) is 35.0 Å². The molecular formula is C11H11BrN4O4S. The molecule has 0 amide bonds. The lowest BCUT2D eigenvalue weighted by atomic mass is 10.3. The van der Waals surface area contributed by atoms with Crippen molar-refractivity contribution >= 4 is 37.6 Å². The quantitative estimate of drug-likeness (QED) is 0.760. The molecule has 0 atom stereocenters. The highest BCUT2D eigenvalue weighted by atomic mass is 79.9. The van der Waals surface area contributed by atoms with Crippen LogP contribution in [0.4, 0.5) is 5.69 Å². The van der Waals surface area contributed by atoms with Crippen LogP contribution in [0.15, 0.2) is 34.0 Å². The van der Waals surface area contributed by atoms with Crippen LogP contribution in [0.3, 0.4) is 0 Å². The van der Waals surface area contributed by atoms with E-state index in [0.29, 0.717) is 16.0 Å². The van der Waals surface area contributed by atoms with Crippen molar-refractivity contribution in [3.63, 3.8) is 0 Å². The summed E-state index contributed by atoms with van der Waals surface area (Å²) >= 11 is 3.19. The number of hydrogen-bond donors (Lipinski definition) is 2. The number of anilines is 1. The largest absolute Gasteiger partial charge is 0.480 e. The van der Waals surface area contributed by atoms with Crippen LogP contribution in [0.1, 0.15) is 5.69 Å². The predicted octanol–water partition coefficient (Wildman–Crippen LogP) is 1.23. The fourth-order valence-corrected chi connectivity index (χ4v) is 3.02. The fraction of sp³-hybridized carbons (Fsp3) is 0.182. The summed E-state index contributed by atoms with van der Waals surface area (Å²) in [5.41, 5.74) is 0.843. The first kappa shape index (κ1) is 15.4. The summed E-state index contributed by atoms with van der Waals surface area (Å²) in [5.74, 6) is -1.11. The third kappa shape index (κ3) is 3.79. The van der Waals surface area contributed by atoms with Crippen molar-refractivity contribution in [2.24, 2.45) is 0 Å². The number of nitrogens with zero attached hydrogens (tertiary/aromatic N) is 3. The summed E-state index contributed by atoms with van der Waals surface area (Å²) in [6.07, 6.45) is 2.24. The van der Waals surface area contributed by atoms with E-state index >= 15 is 0 Å². The van der Waals surface area contributed by atoms with Crippen LogP contribution < -0.4 is 4.72 Å². The molecule has 0 saturated heterocycles. The van der Waals surface area contributed by atoms with Gasteiger partial charge in [-0.3, -0.25) is 14.2 Å². The number of carboxylic acids is 1. The number of sulfonamides is 1. The molecule has 2 heterocycles. The number of hydrogen-bond acceptors (Lipinski definition) is 5. The SMILES string of the molecule is Cc1nc(Br)ccc1NS(=O)(=O)c1cnn(CC(=O)O)c1. The minimum absolute atomic E-state index is 0.119. The Bertz CT molecular complexity index is 787. The van der Waals surface area contributed by atoms with Gasteiger partial charge in [0.1, 0.15) is 16.0 Å². The van der Waals surface area contributed by atoms with Crippen LogP contribution in [0.25, 0.3) is 0 Å². The number of halogens is 1. The maximum absolute atomic E-state index is 12.2. The van der Waals surface area contributed by atoms with E-state index < -0.39 is 22.5 Å². The first-order valence-electron chi connectivity index (χ1n) is 5.68. The van der Waals surface area contributed by atoms with Crippen LogP contribution in [-0.2, 0) is 21.4 Å². The highest BCUT2D eigenvalue weighted by Gasteiger charge is 2.18. The van der Waals surface area contributed by atoms with Crippen molar-refractivity contribution in [1.82, 2.24) is 14.8 Å². The molecule has 0 bridgehead atoms. The van der Waals surface area contributed by atoms with Gasteiger partial charge in [-0.2, -0.15) is 5.10 Å². The van der Waals surface area contributed by atoms with Crippen LogP contribution in [0, 0.1) is 6.92 Å². The van der Waals surface area contributed by atoms with Gasteiger partial charge in [-0.1, -0.05) is 0 Å². The molecule has 0 aromatic carbocycles. The van der Waals surface area contributed by atoms with E-state index in [9.17, 15) is 13.2 Å². The number of pyridine rings is 1. The van der Waals surface area contributed by atoms with Gasteiger partial charge in [0.15, 0.2) is 0 Å². The molecular weight excluding hydrogens is 364 g/mol.